The first kappa shape index (κ1) is 10.9. The van der Waals surface area contributed by atoms with Crippen molar-refractivity contribution in [2.75, 3.05) is 13.2 Å². The van der Waals surface area contributed by atoms with Gasteiger partial charge in [-0.15, -0.1) is 0 Å². The highest BCUT2D eigenvalue weighted by atomic mass is 16.7. The second-order valence-corrected chi connectivity index (χ2v) is 2.71. The van der Waals surface area contributed by atoms with E-state index in [9.17, 15) is 0 Å². The smallest absolute Gasteiger partial charge is 0.221 e. The Bertz CT molecular complexity index is 84.1. The first-order valence-electron chi connectivity index (χ1n) is 4.19. The van der Waals surface area contributed by atoms with Crippen LogP contribution in [0.4, 0.5) is 0 Å². The molecule has 0 saturated carbocycles. The predicted molar refractivity (Wildman–Crippen MR) is 45.1 cm³/mol. The van der Waals surface area contributed by atoms with Crippen LogP contribution in [0.2, 0.25) is 0 Å². The number of nitrogens with two attached hydrogens (primary N) is 1. The summed E-state index contributed by atoms with van der Waals surface area (Å²) in [6.45, 7) is 7.11. The monoisotopic (exact) mass is 161 g/mol. The van der Waals surface area contributed by atoms with E-state index >= 15 is 0 Å². The summed E-state index contributed by atoms with van der Waals surface area (Å²) >= 11 is 0. The third-order valence-corrected chi connectivity index (χ3v) is 1.19. The van der Waals surface area contributed by atoms with Gasteiger partial charge in [0.15, 0.2) is 0 Å². The first-order valence-corrected chi connectivity index (χ1v) is 4.19. The zero-order chi connectivity index (χ0) is 8.74. The summed E-state index contributed by atoms with van der Waals surface area (Å²) in [5.41, 5.74) is 5.64. The van der Waals surface area contributed by atoms with Gasteiger partial charge in [0.25, 0.3) is 0 Å². The summed E-state index contributed by atoms with van der Waals surface area (Å²) in [6, 6.07) is 0. The summed E-state index contributed by atoms with van der Waals surface area (Å²) in [5.74, 6) is -0.897. The second-order valence-electron chi connectivity index (χ2n) is 2.71. The molecule has 0 aromatic rings. The molecule has 68 valence electrons. The summed E-state index contributed by atoms with van der Waals surface area (Å²) in [7, 11) is 0. The van der Waals surface area contributed by atoms with E-state index in [1.54, 1.807) is 6.92 Å². The fourth-order valence-electron chi connectivity index (χ4n) is 0.651. The minimum atomic E-state index is -0.897. The first-order chi connectivity index (χ1) is 5.12. The van der Waals surface area contributed by atoms with E-state index in [1.165, 1.54) is 0 Å². The molecule has 0 radical (unpaired) electrons. The van der Waals surface area contributed by atoms with Crippen LogP contribution in [0.1, 0.15) is 33.6 Å². The van der Waals surface area contributed by atoms with Crippen LogP contribution in [0.25, 0.3) is 0 Å². The van der Waals surface area contributed by atoms with Crippen molar-refractivity contribution in [3.63, 3.8) is 0 Å². The van der Waals surface area contributed by atoms with E-state index in [0.29, 0.717) is 13.2 Å². The van der Waals surface area contributed by atoms with Crippen molar-refractivity contribution in [2.24, 2.45) is 5.73 Å². The van der Waals surface area contributed by atoms with E-state index in [0.717, 1.165) is 12.8 Å². The van der Waals surface area contributed by atoms with Crippen LogP contribution in [0, 0.1) is 0 Å². The summed E-state index contributed by atoms with van der Waals surface area (Å²) in [4.78, 5) is 0. The molecule has 11 heavy (non-hydrogen) atoms. The molecule has 3 heteroatoms. The van der Waals surface area contributed by atoms with Crippen molar-refractivity contribution >= 4 is 0 Å². The van der Waals surface area contributed by atoms with E-state index in [1.807, 2.05) is 13.8 Å². The molecule has 0 saturated heterocycles. The Kier molecular flexibility index (Phi) is 5.46. The van der Waals surface area contributed by atoms with Crippen molar-refractivity contribution in [1.29, 1.82) is 0 Å². The Morgan fingerprint density at radius 1 is 1.09 bits per heavy atom. The van der Waals surface area contributed by atoms with Crippen molar-refractivity contribution in [3.05, 3.63) is 0 Å². The maximum Gasteiger partial charge on any atom is 0.221 e. The zero-order valence-electron chi connectivity index (χ0n) is 7.72. The minimum absolute atomic E-state index is 0.650. The average molecular weight is 161 g/mol. The van der Waals surface area contributed by atoms with Gasteiger partial charge < -0.3 is 9.47 Å². The van der Waals surface area contributed by atoms with Gasteiger partial charge in [-0.25, -0.2) is 0 Å². The van der Waals surface area contributed by atoms with Gasteiger partial charge in [-0.1, -0.05) is 13.8 Å². The number of hydrogen-bond donors (Lipinski definition) is 1. The van der Waals surface area contributed by atoms with Crippen molar-refractivity contribution < 1.29 is 9.47 Å². The average Bonchev–Trinajstić information content (AvgIpc) is 1.97. The van der Waals surface area contributed by atoms with Gasteiger partial charge in [-0.2, -0.15) is 0 Å². The number of hydrogen-bond acceptors (Lipinski definition) is 3. The van der Waals surface area contributed by atoms with Gasteiger partial charge in [-0.3, -0.25) is 5.73 Å². The topological polar surface area (TPSA) is 44.5 Å². The molecular weight excluding hydrogens is 142 g/mol. The van der Waals surface area contributed by atoms with Crippen LogP contribution in [0.15, 0.2) is 0 Å². The molecule has 0 aliphatic rings. The van der Waals surface area contributed by atoms with Gasteiger partial charge in [0.05, 0.1) is 13.2 Å². The van der Waals surface area contributed by atoms with Crippen LogP contribution in [0.3, 0.4) is 0 Å². The van der Waals surface area contributed by atoms with E-state index < -0.39 is 5.91 Å². The van der Waals surface area contributed by atoms with Crippen LogP contribution >= 0.6 is 0 Å². The molecule has 0 aliphatic heterocycles. The molecule has 0 aromatic carbocycles. The lowest BCUT2D eigenvalue weighted by atomic mass is 10.5. The third-order valence-electron chi connectivity index (χ3n) is 1.19. The maximum absolute atomic E-state index is 5.64. The zero-order valence-corrected chi connectivity index (χ0v) is 7.72. The summed E-state index contributed by atoms with van der Waals surface area (Å²) < 4.78 is 10.5. The molecule has 0 rings (SSSR count). The molecule has 0 fully saturated rings. The number of rotatable bonds is 6. The molecule has 0 atom stereocenters. The Balaban J connectivity index is 3.43. The molecule has 0 amide bonds. The quantitative estimate of drug-likeness (QED) is 0.600. The van der Waals surface area contributed by atoms with Gasteiger partial charge in [0.1, 0.15) is 0 Å². The van der Waals surface area contributed by atoms with Crippen LogP contribution in [-0.2, 0) is 9.47 Å². The SMILES string of the molecule is CCCOC(C)(N)OCCC. The standard InChI is InChI=1S/C8H19NO2/c1-4-6-10-8(3,9)11-7-5-2/h4-7,9H2,1-3H3. The van der Waals surface area contributed by atoms with Crippen LogP contribution in [-0.4, -0.2) is 19.1 Å². The highest BCUT2D eigenvalue weighted by molar-refractivity contribution is 4.50. The lowest BCUT2D eigenvalue weighted by Crippen LogP contribution is -2.42. The third kappa shape index (κ3) is 6.28. The maximum atomic E-state index is 5.64. The number of ether oxygens (including phenoxy) is 2. The molecule has 0 bridgehead atoms. The lowest BCUT2D eigenvalue weighted by molar-refractivity contribution is -0.221. The molecule has 0 spiro atoms. The second kappa shape index (κ2) is 5.52. The van der Waals surface area contributed by atoms with Crippen molar-refractivity contribution in [2.45, 2.75) is 39.5 Å². The molecule has 2 N–H and O–H groups in total. The minimum Gasteiger partial charge on any atom is -0.338 e. The Hall–Kier alpha value is -0.120. The molecule has 0 aromatic heterocycles. The molecular formula is C8H19NO2. The van der Waals surface area contributed by atoms with Gasteiger partial charge in [-0.05, 0) is 12.8 Å². The Labute approximate surface area is 68.9 Å². The largest absolute Gasteiger partial charge is 0.338 e. The Morgan fingerprint density at radius 3 is 1.73 bits per heavy atom. The fraction of sp³-hybridized carbons (Fsp3) is 1.00. The fourth-order valence-corrected chi connectivity index (χ4v) is 0.651. The molecule has 0 aliphatic carbocycles. The van der Waals surface area contributed by atoms with Gasteiger partial charge >= 0.3 is 0 Å². The van der Waals surface area contributed by atoms with Crippen molar-refractivity contribution in [3.8, 4) is 0 Å². The van der Waals surface area contributed by atoms with E-state index in [4.69, 9.17) is 15.2 Å². The normalized spacial score (nSPS) is 12.0. The lowest BCUT2D eigenvalue weighted by Gasteiger charge is -2.24. The molecule has 3 nitrogen and oxygen atoms in total. The van der Waals surface area contributed by atoms with Crippen molar-refractivity contribution in [1.82, 2.24) is 0 Å². The van der Waals surface area contributed by atoms with E-state index in [2.05, 4.69) is 0 Å². The Morgan fingerprint density at radius 2 is 1.45 bits per heavy atom. The van der Waals surface area contributed by atoms with Crippen LogP contribution in [0.5, 0.6) is 0 Å². The molecule has 0 unspecified atom stereocenters. The van der Waals surface area contributed by atoms with Gasteiger partial charge in [0, 0.05) is 6.92 Å². The van der Waals surface area contributed by atoms with Gasteiger partial charge in [0.2, 0.25) is 5.91 Å². The van der Waals surface area contributed by atoms with E-state index in [-0.39, 0.29) is 0 Å². The highest BCUT2D eigenvalue weighted by Crippen LogP contribution is 2.04. The van der Waals surface area contributed by atoms with Crippen LogP contribution < -0.4 is 5.73 Å². The molecule has 0 heterocycles. The summed E-state index contributed by atoms with van der Waals surface area (Å²) in [5, 5.41) is 0. The predicted octanol–water partition coefficient (Wildman–Crippen LogP) is 1.47. The summed E-state index contributed by atoms with van der Waals surface area (Å²) in [6.07, 6.45) is 1.92. The highest BCUT2D eigenvalue weighted by Gasteiger charge is 2.17.